The molecule has 1 aromatic rings. The molecule has 2 aliphatic rings. The average Bonchev–Trinajstić information content (AvgIpc) is 3.22. The molecule has 0 saturated heterocycles. The van der Waals surface area contributed by atoms with Gasteiger partial charge < -0.3 is 5.73 Å². The summed E-state index contributed by atoms with van der Waals surface area (Å²) in [6, 6.07) is 3.97. The van der Waals surface area contributed by atoms with Crippen molar-refractivity contribution in [3.8, 4) is 0 Å². The summed E-state index contributed by atoms with van der Waals surface area (Å²) in [6.45, 7) is 4.89. The van der Waals surface area contributed by atoms with Gasteiger partial charge in [0.25, 0.3) is 5.92 Å². The largest absolute Gasteiger partial charge is 0.369 e. The van der Waals surface area contributed by atoms with Crippen molar-refractivity contribution in [1.29, 1.82) is 0 Å². The van der Waals surface area contributed by atoms with Crippen molar-refractivity contribution in [3.63, 3.8) is 0 Å². The molecule has 2 atom stereocenters. The maximum atomic E-state index is 14.7. The Kier molecular flexibility index (Phi) is 4.17. The van der Waals surface area contributed by atoms with Crippen molar-refractivity contribution < 1.29 is 22.8 Å². The molecule has 0 aromatic heterocycles. The van der Waals surface area contributed by atoms with E-state index in [4.69, 9.17) is 5.73 Å². The maximum Gasteiger partial charge on any atom is 0.258 e. The highest BCUT2D eigenvalue weighted by molar-refractivity contribution is 6.01. The van der Waals surface area contributed by atoms with Crippen LogP contribution in [-0.2, 0) is 21.5 Å². The number of hydrogen-bond donors (Lipinski definition) is 1. The first-order chi connectivity index (χ1) is 12.3. The zero-order valence-corrected chi connectivity index (χ0v) is 15.6. The van der Waals surface area contributed by atoms with Gasteiger partial charge in [0.2, 0.25) is 5.91 Å². The molecule has 1 saturated carbocycles. The third-order valence-corrected chi connectivity index (χ3v) is 5.89. The zero-order valence-electron chi connectivity index (χ0n) is 15.6. The zero-order chi connectivity index (χ0) is 20.4. The lowest BCUT2D eigenvalue weighted by atomic mass is 9.67. The average molecular weight is 381 g/mol. The number of rotatable bonds is 4. The summed E-state index contributed by atoms with van der Waals surface area (Å²) in [5.74, 6) is -5.75. The van der Waals surface area contributed by atoms with Crippen molar-refractivity contribution in [2.45, 2.75) is 45.1 Å². The van der Waals surface area contributed by atoms with Gasteiger partial charge in [-0.2, -0.15) is 0 Å². The lowest BCUT2D eigenvalue weighted by molar-refractivity contribution is -0.140. The number of nitrogens with two attached hydrogens (primary N) is 1. The van der Waals surface area contributed by atoms with Crippen molar-refractivity contribution in [2.75, 3.05) is 7.05 Å². The Morgan fingerprint density at radius 1 is 1.33 bits per heavy atom. The fourth-order valence-electron chi connectivity index (χ4n) is 3.51. The van der Waals surface area contributed by atoms with Crippen LogP contribution in [0.1, 0.15) is 38.3 Å². The number of carbonyl (C=O) groups is 2. The Hall–Kier alpha value is -2.38. The van der Waals surface area contributed by atoms with Crippen molar-refractivity contribution in [2.24, 2.45) is 22.1 Å². The molecule has 0 spiro atoms. The molecule has 1 heterocycles. The van der Waals surface area contributed by atoms with Crippen LogP contribution >= 0.6 is 0 Å². The molecule has 8 heteroatoms. The second kappa shape index (κ2) is 5.81. The van der Waals surface area contributed by atoms with Crippen LogP contribution in [0.15, 0.2) is 23.2 Å². The fourth-order valence-corrected chi connectivity index (χ4v) is 3.51. The Morgan fingerprint density at radius 3 is 2.48 bits per heavy atom. The van der Waals surface area contributed by atoms with E-state index in [0.29, 0.717) is 5.56 Å². The summed E-state index contributed by atoms with van der Waals surface area (Å²) in [4.78, 5) is 30.3. The Balaban J connectivity index is 2.01. The lowest BCUT2D eigenvalue weighted by Crippen LogP contribution is -2.58. The highest BCUT2D eigenvalue weighted by Crippen LogP contribution is 2.50. The van der Waals surface area contributed by atoms with Gasteiger partial charge >= 0.3 is 0 Å². The summed E-state index contributed by atoms with van der Waals surface area (Å²) in [6.07, 6.45) is -0.663. The molecule has 1 aliphatic heterocycles. The molecule has 1 amide bonds. The molecule has 1 aromatic carbocycles. The van der Waals surface area contributed by atoms with E-state index in [1.807, 2.05) is 0 Å². The second-order valence-electron chi connectivity index (χ2n) is 8.01. The van der Waals surface area contributed by atoms with E-state index in [0.717, 1.165) is 0 Å². The fraction of sp³-hybridized carbons (Fsp3) is 0.526. The number of guanidine groups is 1. The first-order valence-electron chi connectivity index (χ1n) is 8.64. The molecular formula is C19H22F3N3O2. The van der Waals surface area contributed by atoms with Crippen LogP contribution in [0.4, 0.5) is 13.2 Å². The third kappa shape index (κ3) is 2.91. The van der Waals surface area contributed by atoms with Gasteiger partial charge in [-0.1, -0.05) is 6.07 Å². The smallest absolute Gasteiger partial charge is 0.258 e. The number of benzene rings is 1. The van der Waals surface area contributed by atoms with Crippen LogP contribution in [0.2, 0.25) is 0 Å². The maximum absolute atomic E-state index is 14.7. The second-order valence-corrected chi connectivity index (χ2v) is 8.01. The number of alkyl halides is 2. The Bertz CT molecular complexity index is 866. The molecule has 0 bridgehead atoms. The predicted molar refractivity (Wildman–Crippen MR) is 93.7 cm³/mol. The van der Waals surface area contributed by atoms with Gasteiger partial charge in [-0.3, -0.25) is 14.5 Å². The van der Waals surface area contributed by atoms with E-state index >= 15 is 0 Å². The molecule has 5 nitrogen and oxygen atoms in total. The number of hydrogen-bond acceptors (Lipinski definition) is 4. The van der Waals surface area contributed by atoms with Crippen LogP contribution in [0.25, 0.3) is 0 Å². The van der Waals surface area contributed by atoms with E-state index < -0.39 is 40.8 Å². The van der Waals surface area contributed by atoms with Crippen molar-refractivity contribution >= 4 is 17.6 Å². The first kappa shape index (κ1) is 19.4. The number of Topliss-reactive ketones (excluding diaryl/α,β-unsaturated/α-hetero) is 1. The summed E-state index contributed by atoms with van der Waals surface area (Å²) in [7, 11) is 1.49. The Labute approximate surface area is 155 Å². The van der Waals surface area contributed by atoms with Crippen LogP contribution in [0.5, 0.6) is 0 Å². The minimum atomic E-state index is -2.94. The molecule has 0 radical (unpaired) electrons. The quantitative estimate of drug-likeness (QED) is 0.871. The molecule has 1 fully saturated rings. The van der Waals surface area contributed by atoms with Gasteiger partial charge in [-0.25, -0.2) is 18.2 Å². The number of halogens is 3. The van der Waals surface area contributed by atoms with Gasteiger partial charge in [0, 0.05) is 25.5 Å². The molecular weight excluding hydrogens is 359 g/mol. The first-order valence-corrected chi connectivity index (χ1v) is 8.64. The monoisotopic (exact) mass is 381 g/mol. The van der Waals surface area contributed by atoms with E-state index in [1.54, 1.807) is 20.8 Å². The summed E-state index contributed by atoms with van der Waals surface area (Å²) in [5, 5.41) is 0. The molecule has 146 valence electrons. The summed E-state index contributed by atoms with van der Waals surface area (Å²) in [5.41, 5.74) is 3.92. The SMILES string of the molecule is CN1C(=O)C(C)(C)[C@@](C)(c2cc(CC(=O)[C@@H]3CC3(F)F)ccc2F)N=C1N. The third-order valence-electron chi connectivity index (χ3n) is 5.89. The number of aliphatic imine (C=N–C) groups is 1. The van der Waals surface area contributed by atoms with E-state index in [-0.39, 0.29) is 23.9 Å². The number of amides is 1. The lowest BCUT2D eigenvalue weighted by Gasteiger charge is -2.46. The summed E-state index contributed by atoms with van der Waals surface area (Å²) < 4.78 is 40.9. The van der Waals surface area contributed by atoms with E-state index in [1.165, 1.54) is 30.1 Å². The predicted octanol–water partition coefficient (Wildman–Crippen LogP) is 2.62. The number of nitrogens with zero attached hydrogens (tertiary/aromatic N) is 2. The highest BCUT2D eigenvalue weighted by atomic mass is 19.3. The minimum Gasteiger partial charge on any atom is -0.369 e. The molecule has 1 aliphatic carbocycles. The van der Waals surface area contributed by atoms with E-state index in [2.05, 4.69) is 4.99 Å². The highest BCUT2D eigenvalue weighted by Gasteiger charge is 2.60. The standard InChI is InChI=1S/C19H22F3N3O2/c1-17(2)15(27)25(4)16(23)24-18(17,3)11-7-10(5-6-13(11)20)8-14(26)12-9-19(12,21)22/h5-7,12H,8-9H2,1-4H3,(H2,23,24)/t12-,18+/m0/s1. The Morgan fingerprint density at radius 2 is 1.93 bits per heavy atom. The topological polar surface area (TPSA) is 75.8 Å². The van der Waals surface area contributed by atoms with Gasteiger partial charge in [0.15, 0.2) is 5.96 Å². The van der Waals surface area contributed by atoms with Gasteiger partial charge in [0.05, 0.1) is 11.3 Å². The minimum absolute atomic E-state index is 0.0414. The van der Waals surface area contributed by atoms with Crippen molar-refractivity contribution in [1.82, 2.24) is 4.90 Å². The van der Waals surface area contributed by atoms with Gasteiger partial charge in [0.1, 0.15) is 17.1 Å². The van der Waals surface area contributed by atoms with Crippen LogP contribution in [0.3, 0.4) is 0 Å². The van der Waals surface area contributed by atoms with Crippen LogP contribution < -0.4 is 5.73 Å². The summed E-state index contributed by atoms with van der Waals surface area (Å²) >= 11 is 0. The number of ketones is 1. The van der Waals surface area contributed by atoms with Gasteiger partial charge in [-0.05, 0) is 38.5 Å². The number of carbonyl (C=O) groups excluding carboxylic acids is 2. The van der Waals surface area contributed by atoms with Crippen LogP contribution in [-0.4, -0.2) is 35.5 Å². The molecule has 3 rings (SSSR count). The molecule has 2 N–H and O–H groups in total. The van der Waals surface area contributed by atoms with Crippen LogP contribution in [0, 0.1) is 17.2 Å². The molecule has 0 unspecified atom stereocenters. The van der Waals surface area contributed by atoms with E-state index in [9.17, 15) is 22.8 Å². The normalized spacial score (nSPS) is 28.7. The molecule has 27 heavy (non-hydrogen) atoms. The van der Waals surface area contributed by atoms with Gasteiger partial charge in [-0.15, -0.1) is 0 Å². The van der Waals surface area contributed by atoms with Crippen molar-refractivity contribution in [3.05, 3.63) is 35.1 Å².